The molecule has 0 aromatic rings. The van der Waals surface area contributed by atoms with Crippen molar-refractivity contribution in [1.82, 2.24) is 0 Å². The summed E-state index contributed by atoms with van der Waals surface area (Å²) in [6.45, 7) is 8.95. The first-order chi connectivity index (χ1) is 7.95. The highest BCUT2D eigenvalue weighted by atomic mass is 28.5. The van der Waals surface area contributed by atoms with Crippen LogP contribution in [0.5, 0.6) is 0 Å². The molecular weight excluding hydrogens is 248 g/mol. The second-order valence-electron chi connectivity index (χ2n) is 5.16. The van der Waals surface area contributed by atoms with E-state index in [0.29, 0.717) is 0 Å². The van der Waals surface area contributed by atoms with Crippen molar-refractivity contribution in [3.05, 3.63) is 0 Å². The maximum atomic E-state index is 6.36. The maximum absolute atomic E-state index is 6.36. The van der Waals surface area contributed by atoms with E-state index in [1.54, 1.807) is 14.2 Å². The Bertz CT molecular complexity index is 194. The van der Waals surface area contributed by atoms with Gasteiger partial charge >= 0.3 is 8.80 Å². The van der Waals surface area contributed by atoms with Crippen molar-refractivity contribution in [2.45, 2.75) is 64.7 Å². The van der Waals surface area contributed by atoms with Crippen LogP contribution in [0.2, 0.25) is 25.2 Å². The fourth-order valence-electron chi connectivity index (χ4n) is 1.89. The minimum Gasteiger partial charge on any atom is -0.416 e. The van der Waals surface area contributed by atoms with Gasteiger partial charge in [0.15, 0.2) is 8.32 Å². The average molecular weight is 279 g/mol. The Labute approximate surface area is 109 Å². The molecule has 0 fully saturated rings. The molecule has 0 atom stereocenters. The highest BCUT2D eigenvalue weighted by Crippen LogP contribution is 2.25. The summed E-state index contributed by atoms with van der Waals surface area (Å²) < 4.78 is 17.6. The van der Waals surface area contributed by atoms with Gasteiger partial charge in [-0.25, -0.2) is 0 Å². The molecule has 0 amide bonds. The summed E-state index contributed by atoms with van der Waals surface area (Å²) in [6.07, 6.45) is 4.74. The van der Waals surface area contributed by atoms with Crippen LogP contribution in [0.1, 0.15) is 39.5 Å². The molecule has 0 saturated heterocycles. The van der Waals surface area contributed by atoms with E-state index in [0.717, 1.165) is 18.9 Å². The van der Waals surface area contributed by atoms with Crippen molar-refractivity contribution in [1.29, 1.82) is 0 Å². The van der Waals surface area contributed by atoms with E-state index >= 15 is 0 Å². The molecule has 0 radical (unpaired) electrons. The topological polar surface area (TPSA) is 27.7 Å². The number of unbranched alkanes of at least 4 members (excludes halogenated alkanes) is 2. The lowest BCUT2D eigenvalue weighted by molar-refractivity contribution is 0.156. The van der Waals surface area contributed by atoms with Crippen LogP contribution in [0, 0.1) is 0 Å². The molecule has 0 saturated carbocycles. The standard InChI is InChI=1S/C12H30O3Si2/c1-7-9-11-16(5,6)15-17(13-3,14-4)12-10-8-2/h7-12H2,1-6H3. The van der Waals surface area contributed by atoms with E-state index in [1.165, 1.54) is 18.9 Å². The van der Waals surface area contributed by atoms with Crippen LogP contribution in [0.25, 0.3) is 0 Å². The SMILES string of the molecule is CCCC[Si](C)(C)O[Si](CCCC)(OC)OC. The second-order valence-corrected chi connectivity index (χ2v) is 12.7. The van der Waals surface area contributed by atoms with Crippen LogP contribution < -0.4 is 0 Å². The zero-order valence-corrected chi connectivity index (χ0v) is 14.5. The Morgan fingerprint density at radius 1 is 0.824 bits per heavy atom. The van der Waals surface area contributed by atoms with Crippen molar-refractivity contribution in [2.75, 3.05) is 14.2 Å². The normalized spacial score (nSPS) is 13.1. The monoisotopic (exact) mass is 278 g/mol. The van der Waals surface area contributed by atoms with Gasteiger partial charge in [0.05, 0.1) is 0 Å². The quantitative estimate of drug-likeness (QED) is 0.564. The molecule has 0 unspecified atom stereocenters. The van der Waals surface area contributed by atoms with Gasteiger partial charge in [-0.2, -0.15) is 0 Å². The number of rotatable bonds is 10. The lowest BCUT2D eigenvalue weighted by atomic mass is 10.4. The Hall–Kier alpha value is 0.314. The predicted octanol–water partition coefficient (Wildman–Crippen LogP) is 4.04. The molecule has 0 aliphatic rings. The summed E-state index contributed by atoms with van der Waals surface area (Å²) in [5.41, 5.74) is 0. The molecule has 0 rings (SSSR count). The molecule has 5 heteroatoms. The van der Waals surface area contributed by atoms with Crippen molar-refractivity contribution in [3.63, 3.8) is 0 Å². The molecule has 0 aliphatic heterocycles. The van der Waals surface area contributed by atoms with Gasteiger partial charge in [0.25, 0.3) is 0 Å². The Morgan fingerprint density at radius 3 is 1.71 bits per heavy atom. The van der Waals surface area contributed by atoms with E-state index in [9.17, 15) is 0 Å². The molecule has 0 heterocycles. The highest BCUT2D eigenvalue weighted by Gasteiger charge is 2.43. The maximum Gasteiger partial charge on any atom is 0.489 e. The average Bonchev–Trinajstić information content (AvgIpc) is 2.32. The summed E-state index contributed by atoms with van der Waals surface area (Å²) in [5, 5.41) is 0. The van der Waals surface area contributed by atoms with Crippen LogP contribution in [0.4, 0.5) is 0 Å². The molecule has 104 valence electrons. The first kappa shape index (κ1) is 17.3. The minimum absolute atomic E-state index is 0.944. The molecule has 0 aromatic heterocycles. The number of hydrogen-bond acceptors (Lipinski definition) is 3. The largest absolute Gasteiger partial charge is 0.489 e. The lowest BCUT2D eigenvalue weighted by Crippen LogP contribution is -2.52. The highest BCUT2D eigenvalue weighted by molar-refractivity contribution is 6.80. The smallest absolute Gasteiger partial charge is 0.416 e. The Balaban J connectivity index is 4.49. The first-order valence-corrected chi connectivity index (χ1v) is 11.8. The summed E-state index contributed by atoms with van der Waals surface area (Å²) in [4.78, 5) is 0. The Morgan fingerprint density at radius 2 is 1.29 bits per heavy atom. The summed E-state index contributed by atoms with van der Waals surface area (Å²) in [7, 11) is -0.564. The van der Waals surface area contributed by atoms with Crippen molar-refractivity contribution < 1.29 is 13.0 Å². The summed E-state index contributed by atoms with van der Waals surface area (Å²) in [6, 6.07) is 2.14. The van der Waals surface area contributed by atoms with Crippen LogP contribution in [-0.2, 0) is 13.0 Å². The van der Waals surface area contributed by atoms with Crippen molar-refractivity contribution in [3.8, 4) is 0 Å². The molecular formula is C12H30O3Si2. The zero-order valence-electron chi connectivity index (χ0n) is 12.5. The number of hydrogen-bond donors (Lipinski definition) is 0. The van der Waals surface area contributed by atoms with Crippen LogP contribution in [0.3, 0.4) is 0 Å². The third-order valence-corrected chi connectivity index (χ3v) is 10.2. The molecule has 0 aromatic carbocycles. The van der Waals surface area contributed by atoms with Gasteiger partial charge in [-0.3, -0.25) is 0 Å². The van der Waals surface area contributed by atoms with E-state index in [2.05, 4.69) is 26.9 Å². The molecule has 0 N–H and O–H groups in total. The summed E-state index contributed by atoms with van der Waals surface area (Å²) >= 11 is 0. The zero-order chi connectivity index (χ0) is 13.4. The third-order valence-electron chi connectivity index (χ3n) is 3.02. The molecule has 17 heavy (non-hydrogen) atoms. The van der Waals surface area contributed by atoms with Gasteiger partial charge < -0.3 is 13.0 Å². The molecule has 0 aliphatic carbocycles. The summed E-state index contributed by atoms with van der Waals surface area (Å²) in [5.74, 6) is 0. The fraction of sp³-hybridized carbons (Fsp3) is 1.00. The van der Waals surface area contributed by atoms with E-state index in [-0.39, 0.29) is 0 Å². The third kappa shape index (κ3) is 6.71. The molecule has 3 nitrogen and oxygen atoms in total. The van der Waals surface area contributed by atoms with Crippen molar-refractivity contribution >= 4 is 17.1 Å². The first-order valence-electron chi connectivity index (χ1n) is 6.75. The molecule has 0 spiro atoms. The van der Waals surface area contributed by atoms with Gasteiger partial charge in [0.2, 0.25) is 0 Å². The van der Waals surface area contributed by atoms with Gasteiger partial charge in [-0.05, 0) is 25.6 Å². The van der Waals surface area contributed by atoms with Gasteiger partial charge in [-0.15, -0.1) is 0 Å². The van der Waals surface area contributed by atoms with E-state index < -0.39 is 17.1 Å². The van der Waals surface area contributed by atoms with E-state index in [4.69, 9.17) is 13.0 Å². The van der Waals surface area contributed by atoms with Gasteiger partial charge in [0.1, 0.15) is 0 Å². The minimum atomic E-state index is -2.39. The fourth-order valence-corrected chi connectivity index (χ4v) is 9.31. The van der Waals surface area contributed by atoms with Gasteiger partial charge in [-0.1, -0.05) is 33.1 Å². The predicted molar refractivity (Wildman–Crippen MR) is 77.8 cm³/mol. The van der Waals surface area contributed by atoms with Crippen LogP contribution in [-0.4, -0.2) is 31.3 Å². The van der Waals surface area contributed by atoms with Crippen LogP contribution >= 0.6 is 0 Å². The van der Waals surface area contributed by atoms with Crippen molar-refractivity contribution in [2.24, 2.45) is 0 Å². The van der Waals surface area contributed by atoms with Crippen LogP contribution in [0.15, 0.2) is 0 Å². The second kappa shape index (κ2) is 8.42. The van der Waals surface area contributed by atoms with Gasteiger partial charge in [0, 0.05) is 20.3 Å². The molecule has 0 bridgehead atoms. The Kier molecular flexibility index (Phi) is 8.58. The van der Waals surface area contributed by atoms with E-state index in [1.807, 2.05) is 0 Å². The lowest BCUT2D eigenvalue weighted by Gasteiger charge is -2.35.